The molecule has 2 rings (SSSR count). The van der Waals surface area contributed by atoms with Crippen LogP contribution in [0.4, 0.5) is 0 Å². The Hall–Kier alpha value is -1.06. The fraction of sp³-hybridized carbons (Fsp3) is 0.818. The summed E-state index contributed by atoms with van der Waals surface area (Å²) in [5.74, 6) is 0.0165. The number of aliphatic carboxylic acids is 1. The maximum absolute atomic E-state index is 11.7. The number of carboxylic acids is 1. The Morgan fingerprint density at radius 3 is 2.40 bits per heavy atom. The molecule has 2 saturated carbocycles. The van der Waals surface area contributed by atoms with Crippen LogP contribution in [0.15, 0.2) is 0 Å². The van der Waals surface area contributed by atoms with E-state index in [9.17, 15) is 9.59 Å². The highest BCUT2D eigenvalue weighted by atomic mass is 16.4. The number of hydrogen-bond donors (Lipinski definition) is 2. The van der Waals surface area contributed by atoms with Crippen LogP contribution in [0.5, 0.6) is 0 Å². The third-order valence-corrected chi connectivity index (χ3v) is 3.85. The van der Waals surface area contributed by atoms with E-state index in [4.69, 9.17) is 5.11 Å². The first-order valence-electron chi connectivity index (χ1n) is 5.58. The van der Waals surface area contributed by atoms with Crippen molar-refractivity contribution in [3.63, 3.8) is 0 Å². The quantitative estimate of drug-likeness (QED) is 0.682. The zero-order chi connectivity index (χ0) is 11.1. The molecule has 0 aliphatic heterocycles. The van der Waals surface area contributed by atoms with Crippen LogP contribution in [0.3, 0.4) is 0 Å². The molecule has 0 aromatic carbocycles. The molecule has 0 aromatic heterocycles. The molecule has 2 N–H and O–H groups in total. The molecule has 15 heavy (non-hydrogen) atoms. The Bertz CT molecular complexity index is 296. The van der Waals surface area contributed by atoms with E-state index < -0.39 is 11.4 Å². The number of carboxylic acid groups (broad SMARTS) is 1. The molecule has 2 atom stereocenters. The maximum atomic E-state index is 11.7. The molecule has 0 radical (unpaired) electrons. The van der Waals surface area contributed by atoms with E-state index in [1.54, 1.807) is 0 Å². The smallest absolute Gasteiger partial charge is 0.319 e. The van der Waals surface area contributed by atoms with Crippen molar-refractivity contribution in [2.45, 2.75) is 32.6 Å². The van der Waals surface area contributed by atoms with Crippen molar-refractivity contribution in [2.24, 2.45) is 17.3 Å². The number of hydrogen-bond acceptors (Lipinski definition) is 2. The molecule has 2 aliphatic rings. The highest BCUT2D eigenvalue weighted by Crippen LogP contribution is 2.42. The predicted octanol–water partition coefficient (Wildman–Crippen LogP) is 1.01. The van der Waals surface area contributed by atoms with Crippen LogP contribution < -0.4 is 5.32 Å². The van der Waals surface area contributed by atoms with Gasteiger partial charge in [0.15, 0.2) is 0 Å². The van der Waals surface area contributed by atoms with Gasteiger partial charge in [-0.2, -0.15) is 0 Å². The minimum atomic E-state index is -1.10. The minimum absolute atomic E-state index is 0.277. The molecular formula is C11H17NO3. The summed E-state index contributed by atoms with van der Waals surface area (Å²) in [5.41, 5.74) is -1.10. The van der Waals surface area contributed by atoms with E-state index in [2.05, 4.69) is 12.2 Å². The third kappa shape index (κ3) is 1.73. The van der Waals surface area contributed by atoms with Gasteiger partial charge in [-0.15, -0.1) is 0 Å². The second-order valence-corrected chi connectivity index (χ2v) is 4.92. The molecule has 4 nitrogen and oxygen atoms in total. The standard InChI is InChI=1S/C11H17NO3/c1-7-5-8(7)6-12-9(13)11(10(14)15)3-2-4-11/h7-8H,2-6H2,1H3,(H,12,13)(H,14,15). The molecule has 4 heteroatoms. The molecule has 2 unspecified atom stereocenters. The maximum Gasteiger partial charge on any atom is 0.319 e. The lowest BCUT2D eigenvalue weighted by molar-refractivity contribution is -0.162. The zero-order valence-corrected chi connectivity index (χ0v) is 8.95. The number of nitrogens with one attached hydrogen (secondary N) is 1. The molecule has 0 heterocycles. The van der Waals surface area contributed by atoms with E-state index >= 15 is 0 Å². The lowest BCUT2D eigenvalue weighted by atomic mass is 9.68. The fourth-order valence-corrected chi connectivity index (χ4v) is 2.14. The summed E-state index contributed by atoms with van der Waals surface area (Å²) in [6.07, 6.45) is 2.99. The van der Waals surface area contributed by atoms with Gasteiger partial charge in [-0.1, -0.05) is 13.3 Å². The van der Waals surface area contributed by atoms with Crippen LogP contribution in [0.25, 0.3) is 0 Å². The first-order valence-corrected chi connectivity index (χ1v) is 5.58. The second kappa shape index (κ2) is 3.51. The van der Waals surface area contributed by atoms with Gasteiger partial charge < -0.3 is 10.4 Å². The van der Waals surface area contributed by atoms with E-state index in [-0.39, 0.29) is 5.91 Å². The average molecular weight is 211 g/mol. The topological polar surface area (TPSA) is 66.4 Å². The lowest BCUT2D eigenvalue weighted by Crippen LogP contribution is -2.51. The lowest BCUT2D eigenvalue weighted by Gasteiger charge is -2.35. The normalized spacial score (nSPS) is 31.5. The second-order valence-electron chi connectivity index (χ2n) is 4.92. The van der Waals surface area contributed by atoms with Crippen molar-refractivity contribution < 1.29 is 14.7 Å². The molecule has 2 fully saturated rings. The first kappa shape index (κ1) is 10.5. The van der Waals surface area contributed by atoms with Crippen LogP contribution in [-0.4, -0.2) is 23.5 Å². The Morgan fingerprint density at radius 1 is 1.47 bits per heavy atom. The molecule has 84 valence electrons. The van der Waals surface area contributed by atoms with Crippen molar-refractivity contribution in [1.82, 2.24) is 5.32 Å². The largest absolute Gasteiger partial charge is 0.480 e. The third-order valence-electron chi connectivity index (χ3n) is 3.85. The van der Waals surface area contributed by atoms with E-state index in [1.165, 1.54) is 0 Å². The van der Waals surface area contributed by atoms with Crippen LogP contribution in [-0.2, 0) is 9.59 Å². The molecule has 0 saturated heterocycles. The summed E-state index contributed by atoms with van der Waals surface area (Å²) >= 11 is 0. The van der Waals surface area contributed by atoms with Crippen molar-refractivity contribution in [3.05, 3.63) is 0 Å². The highest BCUT2D eigenvalue weighted by Gasteiger charge is 2.51. The summed E-state index contributed by atoms with van der Waals surface area (Å²) in [7, 11) is 0. The highest BCUT2D eigenvalue weighted by molar-refractivity contribution is 6.02. The average Bonchev–Trinajstić information content (AvgIpc) is 2.75. The molecular weight excluding hydrogens is 194 g/mol. The Balaban J connectivity index is 1.86. The van der Waals surface area contributed by atoms with Gasteiger partial charge in [0.05, 0.1) is 0 Å². The summed E-state index contributed by atoms with van der Waals surface area (Å²) < 4.78 is 0. The minimum Gasteiger partial charge on any atom is -0.480 e. The Labute approximate surface area is 89.0 Å². The number of carbonyl (C=O) groups is 2. The first-order chi connectivity index (χ1) is 7.06. The van der Waals surface area contributed by atoms with Gasteiger partial charge in [0, 0.05) is 6.54 Å². The van der Waals surface area contributed by atoms with Gasteiger partial charge >= 0.3 is 5.97 Å². The van der Waals surface area contributed by atoms with Gasteiger partial charge in [-0.3, -0.25) is 9.59 Å². The number of amides is 1. The van der Waals surface area contributed by atoms with E-state index in [0.29, 0.717) is 31.2 Å². The van der Waals surface area contributed by atoms with Crippen molar-refractivity contribution >= 4 is 11.9 Å². The molecule has 0 spiro atoms. The van der Waals surface area contributed by atoms with Gasteiger partial charge in [0.2, 0.25) is 5.91 Å². The van der Waals surface area contributed by atoms with Crippen LogP contribution >= 0.6 is 0 Å². The van der Waals surface area contributed by atoms with E-state index in [1.807, 2.05) is 0 Å². The monoisotopic (exact) mass is 211 g/mol. The summed E-state index contributed by atoms with van der Waals surface area (Å²) in [4.78, 5) is 22.7. The van der Waals surface area contributed by atoms with Crippen molar-refractivity contribution in [3.8, 4) is 0 Å². The molecule has 2 aliphatic carbocycles. The van der Waals surface area contributed by atoms with Gasteiger partial charge in [0.25, 0.3) is 0 Å². The van der Waals surface area contributed by atoms with Gasteiger partial charge in [-0.25, -0.2) is 0 Å². The van der Waals surface area contributed by atoms with Crippen molar-refractivity contribution in [2.75, 3.05) is 6.54 Å². The number of rotatable bonds is 4. The molecule has 0 aromatic rings. The summed E-state index contributed by atoms with van der Waals surface area (Å²) in [5, 5.41) is 11.8. The predicted molar refractivity (Wildman–Crippen MR) is 54.2 cm³/mol. The van der Waals surface area contributed by atoms with Gasteiger partial charge in [-0.05, 0) is 31.1 Å². The van der Waals surface area contributed by atoms with Crippen LogP contribution in [0.2, 0.25) is 0 Å². The summed E-state index contributed by atoms with van der Waals surface area (Å²) in [6, 6.07) is 0. The fourth-order valence-electron chi connectivity index (χ4n) is 2.14. The SMILES string of the molecule is CC1CC1CNC(=O)C1(C(=O)O)CCC1. The zero-order valence-electron chi connectivity index (χ0n) is 8.95. The number of carbonyl (C=O) groups excluding carboxylic acids is 1. The van der Waals surface area contributed by atoms with Gasteiger partial charge in [0.1, 0.15) is 5.41 Å². The van der Waals surface area contributed by atoms with Crippen LogP contribution in [0.1, 0.15) is 32.6 Å². The Morgan fingerprint density at radius 2 is 2.07 bits per heavy atom. The molecule has 1 amide bonds. The van der Waals surface area contributed by atoms with Crippen LogP contribution in [0, 0.1) is 17.3 Å². The molecule has 0 bridgehead atoms. The Kier molecular flexibility index (Phi) is 2.44. The van der Waals surface area contributed by atoms with E-state index in [0.717, 1.165) is 12.8 Å². The summed E-state index contributed by atoms with van der Waals surface area (Å²) in [6.45, 7) is 2.79. The van der Waals surface area contributed by atoms with Crippen molar-refractivity contribution in [1.29, 1.82) is 0 Å².